The van der Waals surface area contributed by atoms with Crippen molar-refractivity contribution >= 4 is 21.5 Å². The van der Waals surface area contributed by atoms with Crippen molar-refractivity contribution in [2.75, 3.05) is 31.3 Å². The first-order valence-corrected chi connectivity index (χ1v) is 12.7. The minimum atomic E-state index is -3.12. The molecule has 32 heavy (non-hydrogen) atoms. The maximum Gasteiger partial charge on any atom is 0.260 e. The molecule has 2 saturated heterocycles. The molecule has 2 aromatic carbocycles. The Morgan fingerprint density at radius 3 is 2.34 bits per heavy atom. The van der Waals surface area contributed by atoms with Gasteiger partial charge in [0.15, 0.2) is 22.2 Å². The molecule has 0 radical (unpaired) electrons. The predicted octanol–water partition coefficient (Wildman–Crippen LogP) is 2.49. The summed E-state index contributed by atoms with van der Waals surface area (Å²) in [5, 5.41) is 0. The summed E-state index contributed by atoms with van der Waals surface area (Å²) in [6.45, 7) is 0.850. The van der Waals surface area contributed by atoms with Gasteiger partial charge in [-0.25, -0.2) is 8.42 Å². The second kappa shape index (κ2) is 9.83. The number of benzene rings is 2. The lowest BCUT2D eigenvalue weighted by Gasteiger charge is -2.30. The molecule has 2 aromatic rings. The molecule has 7 nitrogen and oxygen atoms in total. The van der Waals surface area contributed by atoms with E-state index >= 15 is 0 Å². The quantitative estimate of drug-likeness (QED) is 0.566. The number of amides is 1. The summed E-state index contributed by atoms with van der Waals surface area (Å²) in [6.07, 6.45) is 2.18. The summed E-state index contributed by atoms with van der Waals surface area (Å²) >= 11 is 0. The maximum absolute atomic E-state index is 13.0. The number of ether oxygens (including phenoxy) is 2. The molecule has 2 unspecified atom stereocenters. The minimum absolute atomic E-state index is 0.0121. The van der Waals surface area contributed by atoms with Crippen molar-refractivity contribution < 1.29 is 27.5 Å². The molecule has 0 saturated carbocycles. The molecule has 2 aliphatic heterocycles. The lowest BCUT2D eigenvalue weighted by Crippen LogP contribution is -2.47. The summed E-state index contributed by atoms with van der Waals surface area (Å²) in [7, 11) is -3.12. The number of hydrogen-bond donors (Lipinski definition) is 0. The summed E-state index contributed by atoms with van der Waals surface area (Å²) in [5.41, 5.74) is 1.14. The molecule has 2 atom stereocenters. The standard InChI is InChI=1S/C24H27NO6S/c26-23(25(15-22-7-4-13-30-22)20-12-14-32(28,29)17-20)16-31-21-10-8-19(9-11-21)24(27)18-5-2-1-3-6-18/h1-3,5-6,8-11,20,22H,4,7,12-17H2. The zero-order chi connectivity index (χ0) is 22.6. The Hall–Kier alpha value is -2.71. The number of sulfone groups is 1. The van der Waals surface area contributed by atoms with Gasteiger partial charge in [-0.05, 0) is 43.5 Å². The van der Waals surface area contributed by atoms with E-state index in [0.717, 1.165) is 12.8 Å². The molecular weight excluding hydrogens is 430 g/mol. The highest BCUT2D eigenvalue weighted by atomic mass is 32.2. The highest BCUT2D eigenvalue weighted by Gasteiger charge is 2.36. The second-order valence-electron chi connectivity index (χ2n) is 8.25. The third-order valence-electron chi connectivity index (χ3n) is 5.91. The number of rotatable bonds is 8. The summed E-state index contributed by atoms with van der Waals surface area (Å²) in [5.74, 6) is 0.219. The zero-order valence-electron chi connectivity index (χ0n) is 17.8. The van der Waals surface area contributed by atoms with Gasteiger partial charge in [0, 0.05) is 30.3 Å². The lowest BCUT2D eigenvalue weighted by molar-refractivity contribution is -0.137. The third kappa shape index (κ3) is 5.55. The maximum atomic E-state index is 13.0. The van der Waals surface area contributed by atoms with E-state index in [1.165, 1.54) is 0 Å². The molecule has 170 valence electrons. The van der Waals surface area contributed by atoms with Crippen LogP contribution in [0.15, 0.2) is 54.6 Å². The van der Waals surface area contributed by atoms with Crippen molar-refractivity contribution in [3.63, 3.8) is 0 Å². The van der Waals surface area contributed by atoms with E-state index in [1.54, 1.807) is 41.3 Å². The topological polar surface area (TPSA) is 90.0 Å². The van der Waals surface area contributed by atoms with Gasteiger partial charge in [-0.3, -0.25) is 9.59 Å². The van der Waals surface area contributed by atoms with Crippen molar-refractivity contribution in [1.82, 2.24) is 4.90 Å². The Bertz CT molecular complexity index is 1050. The van der Waals surface area contributed by atoms with Crippen LogP contribution in [0.2, 0.25) is 0 Å². The van der Waals surface area contributed by atoms with Crippen LogP contribution in [0.5, 0.6) is 5.75 Å². The molecule has 0 bridgehead atoms. The van der Waals surface area contributed by atoms with Gasteiger partial charge < -0.3 is 14.4 Å². The smallest absolute Gasteiger partial charge is 0.260 e. The van der Waals surface area contributed by atoms with Crippen molar-refractivity contribution in [2.45, 2.75) is 31.4 Å². The molecule has 8 heteroatoms. The van der Waals surface area contributed by atoms with E-state index in [-0.39, 0.29) is 41.9 Å². The number of carbonyl (C=O) groups excluding carboxylic acids is 2. The molecule has 4 rings (SSSR count). The van der Waals surface area contributed by atoms with Crippen LogP contribution in [0, 0.1) is 0 Å². The van der Waals surface area contributed by atoms with Crippen molar-refractivity contribution in [1.29, 1.82) is 0 Å². The molecule has 1 amide bonds. The highest BCUT2D eigenvalue weighted by Crippen LogP contribution is 2.22. The number of ketones is 1. The molecule has 2 heterocycles. The van der Waals surface area contributed by atoms with Gasteiger partial charge in [-0.1, -0.05) is 30.3 Å². The third-order valence-corrected chi connectivity index (χ3v) is 7.66. The van der Waals surface area contributed by atoms with E-state index in [1.807, 2.05) is 18.2 Å². The van der Waals surface area contributed by atoms with E-state index in [0.29, 0.717) is 36.4 Å². The van der Waals surface area contributed by atoms with E-state index < -0.39 is 9.84 Å². The Labute approximate surface area is 188 Å². The summed E-state index contributed by atoms with van der Waals surface area (Å²) < 4.78 is 35.2. The fourth-order valence-corrected chi connectivity index (χ4v) is 5.90. The first-order chi connectivity index (χ1) is 15.4. The van der Waals surface area contributed by atoms with Gasteiger partial charge in [0.25, 0.3) is 5.91 Å². The number of hydrogen-bond acceptors (Lipinski definition) is 6. The zero-order valence-corrected chi connectivity index (χ0v) is 18.6. The average molecular weight is 458 g/mol. The fourth-order valence-electron chi connectivity index (χ4n) is 4.17. The number of nitrogens with zero attached hydrogens (tertiary/aromatic N) is 1. The normalized spacial score (nSPS) is 21.9. The molecule has 2 fully saturated rings. The summed E-state index contributed by atoms with van der Waals surface area (Å²) in [4.78, 5) is 27.1. The van der Waals surface area contributed by atoms with Crippen LogP contribution in [0.3, 0.4) is 0 Å². The Morgan fingerprint density at radius 1 is 1.00 bits per heavy atom. The fraction of sp³-hybridized carbons (Fsp3) is 0.417. The minimum Gasteiger partial charge on any atom is -0.484 e. The first kappa shape index (κ1) is 22.5. The van der Waals surface area contributed by atoms with E-state index in [2.05, 4.69) is 0 Å². The SMILES string of the molecule is O=C(c1ccccc1)c1ccc(OCC(=O)N(CC2CCCO2)C2CCS(=O)(=O)C2)cc1. The molecule has 0 spiro atoms. The Kier molecular flexibility index (Phi) is 6.91. The van der Waals surface area contributed by atoms with Gasteiger partial charge in [-0.2, -0.15) is 0 Å². The number of carbonyl (C=O) groups is 2. The molecule has 0 N–H and O–H groups in total. The van der Waals surface area contributed by atoms with Gasteiger partial charge in [0.05, 0.1) is 17.6 Å². The monoisotopic (exact) mass is 457 g/mol. The second-order valence-corrected chi connectivity index (χ2v) is 10.5. The van der Waals surface area contributed by atoms with Crippen molar-refractivity contribution in [2.24, 2.45) is 0 Å². The van der Waals surface area contributed by atoms with Gasteiger partial charge in [-0.15, -0.1) is 0 Å². The van der Waals surface area contributed by atoms with E-state index in [9.17, 15) is 18.0 Å². The molecular formula is C24H27NO6S. The van der Waals surface area contributed by atoms with Crippen LogP contribution in [0.25, 0.3) is 0 Å². The van der Waals surface area contributed by atoms with Gasteiger partial charge in [0.2, 0.25) is 0 Å². The molecule has 2 aliphatic rings. The van der Waals surface area contributed by atoms with Crippen LogP contribution >= 0.6 is 0 Å². The van der Waals surface area contributed by atoms with Crippen LogP contribution < -0.4 is 4.74 Å². The molecule has 0 aliphatic carbocycles. The lowest BCUT2D eigenvalue weighted by atomic mass is 10.0. The average Bonchev–Trinajstić information content (AvgIpc) is 3.45. The summed E-state index contributed by atoms with van der Waals surface area (Å²) in [6, 6.07) is 15.3. The largest absolute Gasteiger partial charge is 0.484 e. The van der Waals surface area contributed by atoms with Crippen LogP contribution in [-0.4, -0.2) is 68.4 Å². The van der Waals surface area contributed by atoms with Gasteiger partial charge >= 0.3 is 0 Å². The Balaban J connectivity index is 1.38. The van der Waals surface area contributed by atoms with Crippen LogP contribution in [0.4, 0.5) is 0 Å². The highest BCUT2D eigenvalue weighted by molar-refractivity contribution is 7.91. The Morgan fingerprint density at radius 2 is 1.72 bits per heavy atom. The van der Waals surface area contributed by atoms with Crippen molar-refractivity contribution in [3.8, 4) is 5.75 Å². The van der Waals surface area contributed by atoms with Crippen LogP contribution in [0.1, 0.15) is 35.2 Å². The van der Waals surface area contributed by atoms with Gasteiger partial charge in [0.1, 0.15) is 5.75 Å². The predicted molar refractivity (Wildman–Crippen MR) is 120 cm³/mol. The van der Waals surface area contributed by atoms with Crippen molar-refractivity contribution in [3.05, 3.63) is 65.7 Å². The van der Waals surface area contributed by atoms with E-state index in [4.69, 9.17) is 9.47 Å². The molecule has 0 aromatic heterocycles. The first-order valence-electron chi connectivity index (χ1n) is 10.9. The van der Waals surface area contributed by atoms with Crippen LogP contribution in [-0.2, 0) is 19.4 Å².